The second-order valence-corrected chi connectivity index (χ2v) is 9.58. The molecule has 2 atom stereocenters. The van der Waals surface area contributed by atoms with Crippen LogP contribution in [0.25, 0.3) is 11.4 Å². The molecule has 0 aliphatic heterocycles. The number of nitrogens with zero attached hydrogens (tertiary/aromatic N) is 2. The molecule has 1 amide bonds. The lowest BCUT2D eigenvalue weighted by molar-refractivity contribution is -0.139. The zero-order valence-corrected chi connectivity index (χ0v) is 21.6. The van der Waals surface area contributed by atoms with E-state index in [-0.39, 0.29) is 48.9 Å². The van der Waals surface area contributed by atoms with Gasteiger partial charge in [-0.05, 0) is 48.9 Å². The number of aliphatic hydroxyl groups excluding tert-OH is 2. The van der Waals surface area contributed by atoms with Crippen molar-refractivity contribution in [2.24, 2.45) is 0 Å². The van der Waals surface area contributed by atoms with E-state index in [0.29, 0.717) is 18.2 Å². The number of benzene rings is 2. The fourth-order valence-electron chi connectivity index (χ4n) is 4.28. The van der Waals surface area contributed by atoms with Crippen molar-refractivity contribution < 1.29 is 32.6 Å². The summed E-state index contributed by atoms with van der Waals surface area (Å²) in [5.41, 5.74) is -0.0567. The first-order valence-electron chi connectivity index (χ1n) is 12.6. The number of hydrogen-bond donors (Lipinski definition) is 3. The normalized spacial score (nSPS) is 13.5. The molecule has 0 bridgehead atoms. The second-order valence-electron chi connectivity index (χ2n) is 9.58. The smallest absolute Gasteiger partial charge is 0.393 e. The van der Waals surface area contributed by atoms with Crippen LogP contribution < -0.4 is 5.32 Å². The quantitative estimate of drug-likeness (QED) is 0.276. The molecule has 0 aliphatic rings. The minimum atomic E-state index is -4.92. The van der Waals surface area contributed by atoms with Gasteiger partial charge in [0.2, 0.25) is 0 Å². The van der Waals surface area contributed by atoms with Gasteiger partial charge in [-0.25, -0.2) is 9.37 Å². The van der Waals surface area contributed by atoms with Crippen LogP contribution in [0.1, 0.15) is 73.3 Å². The maximum Gasteiger partial charge on any atom is 0.419 e. The second kappa shape index (κ2) is 12.5. The van der Waals surface area contributed by atoms with E-state index in [1.807, 2.05) is 44.2 Å². The van der Waals surface area contributed by atoms with Gasteiger partial charge in [0.25, 0.3) is 5.91 Å². The molecule has 6 nitrogen and oxygen atoms in total. The SMILES string of the molecule is CCC(O)CC(O)CCn1c(-c2ccc(F)c(C(F)(F)F)c2)nc(C(=O)NCc2ccccc2)c1C(C)C. The van der Waals surface area contributed by atoms with Gasteiger partial charge in [-0.3, -0.25) is 4.79 Å². The number of amides is 1. The molecule has 0 saturated carbocycles. The Morgan fingerprint density at radius 2 is 1.76 bits per heavy atom. The molecule has 0 aliphatic carbocycles. The summed E-state index contributed by atoms with van der Waals surface area (Å²) in [5, 5.41) is 23.1. The number of alkyl halides is 3. The Labute approximate surface area is 219 Å². The third-order valence-electron chi connectivity index (χ3n) is 6.30. The summed E-state index contributed by atoms with van der Waals surface area (Å²) in [6, 6.07) is 11.8. The minimum absolute atomic E-state index is 0.00850. The number of carbonyl (C=O) groups is 1. The van der Waals surface area contributed by atoms with Crippen molar-refractivity contribution in [3.05, 3.63) is 76.9 Å². The van der Waals surface area contributed by atoms with Crippen LogP contribution in [0, 0.1) is 5.82 Å². The van der Waals surface area contributed by atoms with Crippen LogP contribution in [-0.4, -0.2) is 37.9 Å². The molecule has 1 heterocycles. The van der Waals surface area contributed by atoms with E-state index in [4.69, 9.17) is 0 Å². The molecule has 0 saturated heterocycles. The van der Waals surface area contributed by atoms with Crippen molar-refractivity contribution in [1.82, 2.24) is 14.9 Å². The van der Waals surface area contributed by atoms with Crippen LogP contribution in [-0.2, 0) is 19.3 Å². The molecule has 206 valence electrons. The van der Waals surface area contributed by atoms with Crippen LogP contribution in [0.4, 0.5) is 17.6 Å². The summed E-state index contributed by atoms with van der Waals surface area (Å²) < 4.78 is 56.0. The monoisotopic (exact) mass is 535 g/mol. The van der Waals surface area contributed by atoms with E-state index < -0.39 is 35.7 Å². The van der Waals surface area contributed by atoms with Crippen molar-refractivity contribution in [2.45, 2.75) is 77.4 Å². The van der Waals surface area contributed by atoms with Crippen molar-refractivity contribution in [3.63, 3.8) is 0 Å². The van der Waals surface area contributed by atoms with E-state index in [1.165, 1.54) is 6.07 Å². The molecule has 10 heteroatoms. The van der Waals surface area contributed by atoms with E-state index in [9.17, 15) is 32.6 Å². The summed E-state index contributed by atoms with van der Waals surface area (Å²) >= 11 is 0. The highest BCUT2D eigenvalue weighted by Crippen LogP contribution is 2.35. The average molecular weight is 536 g/mol. The van der Waals surface area contributed by atoms with Gasteiger partial charge < -0.3 is 20.1 Å². The molecule has 38 heavy (non-hydrogen) atoms. The molecule has 0 radical (unpaired) electrons. The first-order valence-corrected chi connectivity index (χ1v) is 12.6. The highest BCUT2D eigenvalue weighted by molar-refractivity contribution is 5.94. The van der Waals surface area contributed by atoms with Gasteiger partial charge in [0.1, 0.15) is 17.3 Å². The number of aromatic nitrogens is 2. The van der Waals surface area contributed by atoms with Gasteiger partial charge in [0.05, 0.1) is 23.5 Å². The third-order valence-corrected chi connectivity index (χ3v) is 6.30. The standard InChI is InChI=1S/C28H33F4N3O3/c1-4-20(36)15-21(37)12-13-35-25(17(2)3)24(27(38)33-16-18-8-6-5-7-9-18)34-26(35)19-10-11-23(29)22(14-19)28(30,31)32/h5-11,14,17,20-21,36-37H,4,12-13,15-16H2,1-3H3,(H,33,38). The number of nitrogens with one attached hydrogen (secondary N) is 1. The Hall–Kier alpha value is -3.24. The highest BCUT2D eigenvalue weighted by Gasteiger charge is 2.35. The Kier molecular flexibility index (Phi) is 9.67. The van der Waals surface area contributed by atoms with E-state index in [1.54, 1.807) is 11.5 Å². The zero-order chi connectivity index (χ0) is 28.0. The summed E-state index contributed by atoms with van der Waals surface area (Å²) in [5.74, 6) is -2.10. The van der Waals surface area contributed by atoms with Gasteiger partial charge in [-0.15, -0.1) is 0 Å². The molecule has 3 N–H and O–H groups in total. The molecule has 3 aromatic rings. The predicted octanol–water partition coefficient (Wildman–Crippen LogP) is 5.67. The summed E-state index contributed by atoms with van der Waals surface area (Å²) in [7, 11) is 0. The number of imidazole rings is 1. The van der Waals surface area contributed by atoms with Gasteiger partial charge in [0.15, 0.2) is 0 Å². The number of aliphatic hydroxyl groups is 2. The predicted molar refractivity (Wildman–Crippen MR) is 136 cm³/mol. The zero-order valence-electron chi connectivity index (χ0n) is 21.6. The molecule has 1 aromatic heterocycles. The Morgan fingerprint density at radius 3 is 2.37 bits per heavy atom. The van der Waals surface area contributed by atoms with E-state index in [0.717, 1.165) is 11.6 Å². The maximum absolute atomic E-state index is 14.0. The lowest BCUT2D eigenvalue weighted by atomic mass is 10.0. The van der Waals surface area contributed by atoms with Crippen LogP contribution in [0.5, 0.6) is 0 Å². The van der Waals surface area contributed by atoms with Gasteiger partial charge >= 0.3 is 6.18 Å². The third kappa shape index (κ3) is 7.20. The highest BCUT2D eigenvalue weighted by atomic mass is 19.4. The van der Waals surface area contributed by atoms with Crippen molar-refractivity contribution in [3.8, 4) is 11.4 Å². The summed E-state index contributed by atoms with van der Waals surface area (Å²) in [6.45, 7) is 5.79. The van der Waals surface area contributed by atoms with Gasteiger partial charge in [-0.2, -0.15) is 13.2 Å². The topological polar surface area (TPSA) is 87.4 Å². The number of carbonyl (C=O) groups excluding carboxylic acids is 1. The van der Waals surface area contributed by atoms with Crippen LogP contribution in [0.2, 0.25) is 0 Å². The van der Waals surface area contributed by atoms with Gasteiger partial charge in [-0.1, -0.05) is 51.1 Å². The van der Waals surface area contributed by atoms with Crippen LogP contribution in [0.15, 0.2) is 48.5 Å². The van der Waals surface area contributed by atoms with Crippen molar-refractivity contribution in [2.75, 3.05) is 0 Å². The Balaban J connectivity index is 2.05. The molecule has 0 fully saturated rings. The largest absolute Gasteiger partial charge is 0.419 e. The first-order chi connectivity index (χ1) is 17.9. The Morgan fingerprint density at radius 1 is 1.08 bits per heavy atom. The molecular formula is C28H33F4N3O3. The minimum Gasteiger partial charge on any atom is -0.393 e. The van der Waals surface area contributed by atoms with Crippen LogP contribution >= 0.6 is 0 Å². The molecule has 3 rings (SSSR count). The summed E-state index contributed by atoms with van der Waals surface area (Å²) in [4.78, 5) is 17.7. The van der Waals surface area contributed by atoms with E-state index in [2.05, 4.69) is 10.3 Å². The lowest BCUT2D eigenvalue weighted by Gasteiger charge is -2.19. The number of rotatable bonds is 11. The molecule has 2 unspecified atom stereocenters. The van der Waals surface area contributed by atoms with Crippen molar-refractivity contribution >= 4 is 5.91 Å². The maximum atomic E-state index is 14.0. The fourth-order valence-corrected chi connectivity index (χ4v) is 4.28. The van der Waals surface area contributed by atoms with Crippen molar-refractivity contribution in [1.29, 1.82) is 0 Å². The average Bonchev–Trinajstić information content (AvgIpc) is 3.26. The van der Waals surface area contributed by atoms with E-state index >= 15 is 0 Å². The lowest BCUT2D eigenvalue weighted by Crippen LogP contribution is -2.25. The number of hydrogen-bond acceptors (Lipinski definition) is 4. The fraction of sp³-hybridized carbons (Fsp3) is 0.429. The van der Waals surface area contributed by atoms with Gasteiger partial charge in [0, 0.05) is 18.7 Å². The number of halogens is 4. The summed E-state index contributed by atoms with van der Waals surface area (Å²) in [6.07, 6.45) is -5.72. The van der Waals surface area contributed by atoms with Crippen LogP contribution in [0.3, 0.4) is 0 Å². The molecular weight excluding hydrogens is 502 g/mol. The molecule has 2 aromatic carbocycles. The first kappa shape index (κ1) is 29.3. The Bertz CT molecular complexity index is 1230. The molecule has 0 spiro atoms.